The molecule has 0 heterocycles. The maximum atomic E-state index is 8.38. The van der Waals surface area contributed by atoms with Crippen molar-refractivity contribution in [2.45, 2.75) is 0 Å². The van der Waals surface area contributed by atoms with Crippen molar-refractivity contribution >= 4 is 54.0 Å². The van der Waals surface area contributed by atoms with E-state index in [2.05, 4.69) is 0 Å². The zero-order valence-electron chi connectivity index (χ0n) is 1.69. The minimum atomic E-state index is 0. The number of rotatable bonds is 0. The Hall–Kier alpha value is 1.99. The predicted octanol–water partition coefficient (Wildman–Crippen LogP) is -2.87. The molecule has 5 heavy (non-hydrogen) atoms. The van der Waals surface area contributed by atoms with Gasteiger partial charge < -0.3 is 0 Å². The molecular weight excluding hydrogens is 277 g/mol. The second-order valence-electron chi connectivity index (χ2n) is 0. The van der Waals surface area contributed by atoms with E-state index in [0.29, 0.717) is 0 Å². The Bertz CT molecular complexity index is 11.6. The molecule has 0 fully saturated rings. The van der Waals surface area contributed by atoms with Gasteiger partial charge in [-0.1, -0.05) is 0 Å². The molecule has 0 aliphatic rings. The van der Waals surface area contributed by atoms with Gasteiger partial charge in [-0.15, -0.1) is 0 Å². The fraction of sp³-hybridized carbons (Fsp3) is 0. The molecule has 0 aliphatic heterocycles. The van der Waals surface area contributed by atoms with E-state index in [9.17, 15) is 0 Å². The van der Waals surface area contributed by atoms with Crippen molar-refractivity contribution in [3.05, 3.63) is 0 Å². The third kappa shape index (κ3) is 24.0. The van der Waals surface area contributed by atoms with E-state index >= 15 is 0 Å². The summed E-state index contributed by atoms with van der Waals surface area (Å²) in [4.78, 5) is 0. The van der Waals surface area contributed by atoms with E-state index in [1.807, 2.05) is 0 Å². The minimum absolute atomic E-state index is 0. The van der Waals surface area contributed by atoms with E-state index in [4.69, 9.17) is 3.57 Å². The fourth-order valence-electron chi connectivity index (χ4n) is 0. The summed E-state index contributed by atoms with van der Waals surface area (Å²) in [7, 11) is 0. The van der Waals surface area contributed by atoms with Gasteiger partial charge in [-0.2, -0.15) is 0 Å². The first-order valence-corrected chi connectivity index (χ1v) is 1.50. The van der Waals surface area contributed by atoms with E-state index < -0.39 is 0 Å². The molecule has 0 N–H and O–H groups in total. The van der Waals surface area contributed by atoms with Crippen molar-refractivity contribution in [1.29, 1.82) is 0 Å². The number of hydrogen-bond acceptors (Lipinski definition) is 1. The van der Waals surface area contributed by atoms with Gasteiger partial charge in [-0.25, -0.2) is 0 Å². The molecule has 1 nitrogen and oxygen atoms in total. The zero-order valence-corrected chi connectivity index (χ0v) is 4.66. The van der Waals surface area contributed by atoms with Gasteiger partial charge in [0, 0.05) is 8.41 Å². The van der Waals surface area contributed by atoms with Gasteiger partial charge in [0.1, 0.15) is 0 Å². The zero-order chi connectivity index (χ0) is 2.00. The second-order valence-corrected chi connectivity index (χ2v) is 0. The van der Waals surface area contributed by atoms with Crippen molar-refractivity contribution in [1.82, 2.24) is 0 Å². The molecular formula is H6BGaInOZn. The molecule has 0 amide bonds. The summed E-state index contributed by atoms with van der Waals surface area (Å²) < 4.78 is 8.38. The first-order valence-electron chi connectivity index (χ1n) is 0.289. The monoisotopic (exact) mass is 281 g/mol. The van der Waals surface area contributed by atoms with Crippen LogP contribution in [0.2, 0.25) is 0 Å². The molecule has 0 saturated carbocycles. The number of hydrogen-bond donors (Lipinski definition) is 0. The Morgan fingerprint density at radius 2 is 1.20 bits per heavy atom. The first kappa shape index (κ1) is 28.0. The molecule has 0 aromatic carbocycles. The van der Waals surface area contributed by atoms with Gasteiger partial charge in [-0.3, -0.25) is 0 Å². The van der Waals surface area contributed by atoms with Crippen LogP contribution >= 0.6 is 0 Å². The molecule has 0 unspecified atom stereocenters. The van der Waals surface area contributed by atoms with E-state index in [1.54, 1.807) is 0 Å². The SMILES string of the molecule is [B].[GaH3].[InH3].[O]=[Zn]. The molecule has 0 spiro atoms. The van der Waals surface area contributed by atoms with Crippen LogP contribution in [0.1, 0.15) is 0 Å². The fourth-order valence-corrected chi connectivity index (χ4v) is 0. The Balaban J connectivity index is -0.00000000167. The molecule has 0 atom stereocenters. The van der Waals surface area contributed by atoms with Crippen LogP contribution in [0.25, 0.3) is 0 Å². The maximum absolute atomic E-state index is 8.38. The molecule has 0 saturated heterocycles. The summed E-state index contributed by atoms with van der Waals surface area (Å²) >= 11 is 0.125. The van der Waals surface area contributed by atoms with E-state index in [-0.39, 0.29) is 72.3 Å². The van der Waals surface area contributed by atoms with Crippen molar-refractivity contribution < 1.29 is 21.8 Å². The van der Waals surface area contributed by atoms with Crippen LogP contribution in [0.3, 0.4) is 0 Å². The summed E-state index contributed by atoms with van der Waals surface area (Å²) in [5.74, 6) is 0. The van der Waals surface area contributed by atoms with Crippen LogP contribution < -0.4 is 0 Å². The van der Waals surface area contributed by atoms with Crippen molar-refractivity contribution in [3.8, 4) is 0 Å². The van der Waals surface area contributed by atoms with Crippen LogP contribution in [-0.2, 0) is 21.8 Å². The van der Waals surface area contributed by atoms with E-state index in [1.165, 1.54) is 0 Å². The van der Waals surface area contributed by atoms with Crippen molar-refractivity contribution in [2.24, 2.45) is 0 Å². The van der Waals surface area contributed by atoms with Gasteiger partial charge >= 0.3 is 67.5 Å². The van der Waals surface area contributed by atoms with Crippen molar-refractivity contribution in [3.63, 3.8) is 0 Å². The molecule has 0 aliphatic carbocycles. The predicted molar refractivity (Wildman–Crippen MR) is 26.3 cm³/mol. The quantitative estimate of drug-likeness (QED) is 0.437. The van der Waals surface area contributed by atoms with Crippen molar-refractivity contribution in [2.75, 3.05) is 0 Å². The summed E-state index contributed by atoms with van der Waals surface area (Å²) in [6.07, 6.45) is 0. The molecule has 0 rings (SSSR count). The molecule has 0 bridgehead atoms. The molecule has 0 aromatic heterocycles. The molecule has 0 aromatic rings. The molecule has 23 valence electrons. The van der Waals surface area contributed by atoms with Gasteiger partial charge in [0.25, 0.3) is 0 Å². The van der Waals surface area contributed by atoms with Crippen LogP contribution in [0.4, 0.5) is 0 Å². The normalized spacial score (nSPS) is 1.20. The van der Waals surface area contributed by atoms with Crippen LogP contribution in [0.15, 0.2) is 0 Å². The summed E-state index contributed by atoms with van der Waals surface area (Å²) in [5.41, 5.74) is 0. The molecule has 5 heteroatoms. The first-order chi connectivity index (χ1) is 1.00. The van der Waals surface area contributed by atoms with Crippen LogP contribution in [0.5, 0.6) is 0 Å². The van der Waals surface area contributed by atoms with Crippen LogP contribution in [0, 0.1) is 0 Å². The van der Waals surface area contributed by atoms with Gasteiger partial charge in [0.15, 0.2) is 0 Å². The summed E-state index contributed by atoms with van der Waals surface area (Å²) in [6, 6.07) is 0. The summed E-state index contributed by atoms with van der Waals surface area (Å²) in [5, 5.41) is 0. The Kier molecular flexibility index (Phi) is 211. The summed E-state index contributed by atoms with van der Waals surface area (Å²) in [6.45, 7) is 0. The van der Waals surface area contributed by atoms with Gasteiger partial charge in [-0.05, 0) is 0 Å². The third-order valence-corrected chi connectivity index (χ3v) is 0. The van der Waals surface area contributed by atoms with Gasteiger partial charge in [0.2, 0.25) is 0 Å². The Labute approximate surface area is 75.0 Å². The second kappa shape index (κ2) is 37.6. The third-order valence-electron chi connectivity index (χ3n) is 0. The average Bonchev–Trinajstić information content (AvgIpc) is 1.00. The van der Waals surface area contributed by atoms with E-state index in [0.717, 1.165) is 0 Å². The standard InChI is InChI=1S/B.Ga.In.O.Zn.6H. The average molecular weight is 283 g/mol. The van der Waals surface area contributed by atoms with Crippen LogP contribution in [-0.4, -0.2) is 54.0 Å². The van der Waals surface area contributed by atoms with Gasteiger partial charge in [0.05, 0.1) is 0 Å². The Morgan fingerprint density at radius 1 is 1.20 bits per heavy atom. The Morgan fingerprint density at radius 3 is 1.20 bits per heavy atom. The topological polar surface area (TPSA) is 17.1 Å². The molecule has 3 radical (unpaired) electrons.